The molecule has 2 aromatic carbocycles. The van der Waals surface area contributed by atoms with Gasteiger partial charge in [0.1, 0.15) is 17.2 Å². The molecule has 0 aromatic heterocycles. The molecule has 3 aliphatic heterocycles. The van der Waals surface area contributed by atoms with Crippen LogP contribution in [0.4, 0.5) is 10.1 Å². The fourth-order valence-electron chi connectivity index (χ4n) is 5.09. The van der Waals surface area contributed by atoms with Gasteiger partial charge in [0.15, 0.2) is 0 Å². The zero-order chi connectivity index (χ0) is 23.2. The Morgan fingerprint density at radius 3 is 2.76 bits per heavy atom. The highest BCUT2D eigenvalue weighted by molar-refractivity contribution is 6.32. The topological polar surface area (TPSA) is 61.8 Å². The van der Waals surface area contributed by atoms with Crippen LogP contribution in [0.1, 0.15) is 43.4 Å². The van der Waals surface area contributed by atoms with Crippen molar-refractivity contribution in [2.45, 2.75) is 38.8 Å². The molecule has 3 aliphatic rings. The molecule has 1 atom stereocenters. The van der Waals surface area contributed by atoms with Crippen LogP contribution < -0.4 is 5.32 Å². The van der Waals surface area contributed by atoms with Crippen molar-refractivity contribution in [1.82, 2.24) is 4.90 Å². The zero-order valence-electron chi connectivity index (χ0n) is 19.0. The van der Waals surface area contributed by atoms with E-state index in [1.54, 1.807) is 6.07 Å². The van der Waals surface area contributed by atoms with Crippen LogP contribution in [0.5, 0.6) is 0 Å². The number of fused-ring (bicyclic) bond motifs is 1. The second kappa shape index (κ2) is 8.43. The standard InChI is InChI=1S/C27H29FN2O3/c1-27(2)22(13-24(33-27)25-21-12-20(28)9-10-23(21)29-26(25)32)19-7-5-17(6-8-19)14-30-11-3-4-18(15-30)16-31/h5-10,12-13,18,31H,3-4,11,14-16H2,1-2H3,(H,29,32)/b25-24+. The quantitative estimate of drug-likeness (QED) is 0.672. The van der Waals surface area contributed by atoms with E-state index < -0.39 is 5.60 Å². The number of anilines is 1. The number of hydrogen-bond acceptors (Lipinski definition) is 4. The van der Waals surface area contributed by atoms with Gasteiger partial charge in [-0.2, -0.15) is 0 Å². The van der Waals surface area contributed by atoms with Crippen molar-refractivity contribution in [2.24, 2.45) is 5.92 Å². The van der Waals surface area contributed by atoms with Crippen LogP contribution in [0.25, 0.3) is 11.1 Å². The molecule has 5 rings (SSSR count). The number of carbonyl (C=O) groups excluding carboxylic acids is 1. The molecule has 0 radical (unpaired) electrons. The smallest absolute Gasteiger partial charge is 0.260 e. The fourth-order valence-corrected chi connectivity index (χ4v) is 5.09. The molecule has 6 heteroatoms. The summed E-state index contributed by atoms with van der Waals surface area (Å²) in [7, 11) is 0. The molecular formula is C27H29FN2O3. The number of carbonyl (C=O) groups is 1. The van der Waals surface area contributed by atoms with Gasteiger partial charge in [-0.25, -0.2) is 4.39 Å². The monoisotopic (exact) mass is 448 g/mol. The normalized spacial score (nSPS) is 24.3. The number of halogens is 1. The number of likely N-dealkylation sites (tertiary alicyclic amines) is 1. The number of benzene rings is 2. The first-order valence-electron chi connectivity index (χ1n) is 11.5. The van der Waals surface area contributed by atoms with E-state index in [9.17, 15) is 14.3 Å². The molecule has 5 nitrogen and oxygen atoms in total. The summed E-state index contributed by atoms with van der Waals surface area (Å²) in [6.45, 7) is 7.07. The van der Waals surface area contributed by atoms with E-state index in [1.807, 2.05) is 19.9 Å². The molecule has 2 aromatic rings. The highest BCUT2D eigenvalue weighted by atomic mass is 19.1. The second-order valence-corrected chi connectivity index (χ2v) is 9.68. The Morgan fingerprint density at radius 1 is 1.21 bits per heavy atom. The number of hydrogen-bond donors (Lipinski definition) is 2. The SMILES string of the molecule is CC1(C)O/C(=C2/C(=O)Nc3ccc(F)cc32)C=C1c1ccc(CN2CCCC(CO)C2)cc1. The lowest BCUT2D eigenvalue weighted by Gasteiger charge is -2.31. The third-order valence-corrected chi connectivity index (χ3v) is 6.79. The van der Waals surface area contributed by atoms with Gasteiger partial charge in [-0.3, -0.25) is 9.69 Å². The Hall–Kier alpha value is -2.96. The summed E-state index contributed by atoms with van der Waals surface area (Å²) in [5.74, 6) is 0.165. The molecule has 1 unspecified atom stereocenters. The summed E-state index contributed by atoms with van der Waals surface area (Å²) in [4.78, 5) is 15.0. The summed E-state index contributed by atoms with van der Waals surface area (Å²) in [5, 5.41) is 12.3. The molecular weight excluding hydrogens is 419 g/mol. The molecule has 3 heterocycles. The van der Waals surface area contributed by atoms with Gasteiger partial charge in [-0.05, 0) is 74.6 Å². The minimum atomic E-state index is -0.624. The number of piperidine rings is 1. The number of nitrogens with one attached hydrogen (secondary N) is 1. The van der Waals surface area contributed by atoms with Gasteiger partial charge in [0.25, 0.3) is 5.91 Å². The average Bonchev–Trinajstić information content (AvgIpc) is 3.28. The molecule has 1 fully saturated rings. The van der Waals surface area contributed by atoms with Gasteiger partial charge in [0, 0.05) is 36.5 Å². The predicted molar refractivity (Wildman–Crippen MR) is 127 cm³/mol. The molecule has 1 amide bonds. The Balaban J connectivity index is 1.41. The predicted octanol–water partition coefficient (Wildman–Crippen LogP) is 4.59. The summed E-state index contributed by atoms with van der Waals surface area (Å²) in [6, 6.07) is 12.7. The van der Waals surface area contributed by atoms with Crippen LogP contribution in [-0.4, -0.2) is 41.2 Å². The maximum Gasteiger partial charge on any atom is 0.260 e. The fraction of sp³-hybridized carbons (Fsp3) is 0.370. The van der Waals surface area contributed by atoms with Crippen LogP contribution >= 0.6 is 0 Å². The Morgan fingerprint density at radius 2 is 2.00 bits per heavy atom. The first kappa shape index (κ1) is 21.9. The third-order valence-electron chi connectivity index (χ3n) is 6.79. The number of amides is 1. The van der Waals surface area contributed by atoms with Crippen molar-refractivity contribution in [2.75, 3.05) is 25.0 Å². The van der Waals surface area contributed by atoms with Crippen molar-refractivity contribution < 1.29 is 19.0 Å². The van der Waals surface area contributed by atoms with Crippen LogP contribution in [0.3, 0.4) is 0 Å². The number of nitrogens with zero attached hydrogens (tertiary/aromatic N) is 1. The van der Waals surface area contributed by atoms with Crippen molar-refractivity contribution in [3.63, 3.8) is 0 Å². The number of allylic oxidation sites excluding steroid dienone is 1. The van der Waals surface area contributed by atoms with Gasteiger partial charge < -0.3 is 15.2 Å². The Kier molecular flexibility index (Phi) is 5.59. The van der Waals surface area contributed by atoms with Crippen molar-refractivity contribution in [3.05, 3.63) is 76.8 Å². The summed E-state index contributed by atoms with van der Waals surface area (Å²) in [6.07, 6.45) is 4.13. The van der Waals surface area contributed by atoms with E-state index >= 15 is 0 Å². The van der Waals surface area contributed by atoms with Gasteiger partial charge in [-0.1, -0.05) is 24.3 Å². The Labute approximate surface area is 193 Å². The summed E-state index contributed by atoms with van der Waals surface area (Å²) < 4.78 is 20.1. The lowest BCUT2D eigenvalue weighted by atomic mass is 9.91. The summed E-state index contributed by atoms with van der Waals surface area (Å²) >= 11 is 0. The average molecular weight is 449 g/mol. The molecule has 33 heavy (non-hydrogen) atoms. The van der Waals surface area contributed by atoms with Gasteiger partial charge in [0.05, 0.1) is 5.57 Å². The first-order chi connectivity index (χ1) is 15.8. The van der Waals surface area contributed by atoms with E-state index in [1.165, 1.54) is 17.7 Å². The van der Waals surface area contributed by atoms with Crippen molar-refractivity contribution in [1.29, 1.82) is 0 Å². The number of aliphatic hydroxyl groups excluding tert-OH is 1. The molecule has 1 saturated heterocycles. The van der Waals surface area contributed by atoms with Crippen LogP contribution in [0.2, 0.25) is 0 Å². The van der Waals surface area contributed by atoms with E-state index in [-0.39, 0.29) is 18.3 Å². The Bertz CT molecular complexity index is 1150. The van der Waals surface area contributed by atoms with Crippen molar-refractivity contribution in [3.8, 4) is 0 Å². The van der Waals surface area contributed by atoms with E-state index in [4.69, 9.17) is 4.74 Å². The highest BCUT2D eigenvalue weighted by Crippen LogP contribution is 2.44. The van der Waals surface area contributed by atoms with Crippen LogP contribution in [-0.2, 0) is 16.1 Å². The molecule has 0 aliphatic carbocycles. The van der Waals surface area contributed by atoms with Gasteiger partial charge >= 0.3 is 0 Å². The first-order valence-corrected chi connectivity index (χ1v) is 11.5. The second-order valence-electron chi connectivity index (χ2n) is 9.68. The van der Waals surface area contributed by atoms with Crippen LogP contribution in [0, 0.1) is 11.7 Å². The molecule has 2 N–H and O–H groups in total. The zero-order valence-corrected chi connectivity index (χ0v) is 19.0. The number of ether oxygens (including phenoxy) is 1. The van der Waals surface area contributed by atoms with Crippen molar-refractivity contribution >= 4 is 22.7 Å². The molecule has 0 spiro atoms. The van der Waals surface area contributed by atoms with Gasteiger partial charge in [0.2, 0.25) is 0 Å². The van der Waals surface area contributed by atoms with Gasteiger partial charge in [-0.15, -0.1) is 0 Å². The van der Waals surface area contributed by atoms with E-state index in [0.29, 0.717) is 28.5 Å². The van der Waals surface area contributed by atoms with Crippen LogP contribution in [0.15, 0.2) is 54.3 Å². The highest BCUT2D eigenvalue weighted by Gasteiger charge is 2.38. The lowest BCUT2D eigenvalue weighted by Crippen LogP contribution is -2.36. The maximum absolute atomic E-state index is 13.9. The molecule has 0 bridgehead atoms. The minimum absolute atomic E-state index is 0.256. The van der Waals surface area contributed by atoms with E-state index in [2.05, 4.69) is 34.5 Å². The molecule has 172 valence electrons. The number of rotatable bonds is 4. The number of aliphatic hydroxyl groups is 1. The third kappa shape index (κ3) is 4.21. The molecule has 0 saturated carbocycles. The lowest BCUT2D eigenvalue weighted by molar-refractivity contribution is -0.111. The van der Waals surface area contributed by atoms with E-state index in [0.717, 1.165) is 43.6 Å². The summed E-state index contributed by atoms with van der Waals surface area (Å²) in [5.41, 5.74) is 4.11. The maximum atomic E-state index is 13.9. The largest absolute Gasteiger partial charge is 0.482 e. The minimum Gasteiger partial charge on any atom is -0.482 e.